The minimum Gasteiger partial charge on any atom is -0.352 e. The minimum atomic E-state index is -4.16. The summed E-state index contributed by atoms with van der Waals surface area (Å²) in [5, 5.41) is 2.64. The second kappa shape index (κ2) is 6.41. The molecule has 1 aliphatic rings. The Balaban J connectivity index is 2.45. The zero-order chi connectivity index (χ0) is 13.8. The summed E-state index contributed by atoms with van der Waals surface area (Å²) in [5.41, 5.74) is 5.63. The van der Waals surface area contributed by atoms with Crippen LogP contribution in [0.1, 0.15) is 45.4 Å². The molecule has 106 valence electrons. The van der Waals surface area contributed by atoms with E-state index in [0.29, 0.717) is 19.3 Å². The maximum atomic E-state index is 12.6. The SMILES string of the molecule is CCCC(N)C(=O)NC1CCCC(C(F)(F)F)C1. The first-order valence-corrected chi connectivity index (χ1v) is 6.47. The molecular weight excluding hydrogens is 245 g/mol. The zero-order valence-electron chi connectivity index (χ0n) is 10.6. The largest absolute Gasteiger partial charge is 0.391 e. The van der Waals surface area contributed by atoms with Crippen molar-refractivity contribution in [1.29, 1.82) is 0 Å². The molecule has 1 rings (SSSR count). The van der Waals surface area contributed by atoms with Gasteiger partial charge in [-0.25, -0.2) is 0 Å². The maximum absolute atomic E-state index is 12.6. The number of nitrogens with one attached hydrogen (secondary N) is 1. The number of halogens is 3. The van der Waals surface area contributed by atoms with Crippen LogP contribution in [-0.4, -0.2) is 24.2 Å². The van der Waals surface area contributed by atoms with Crippen molar-refractivity contribution in [3.8, 4) is 0 Å². The average Bonchev–Trinajstić information content (AvgIpc) is 2.28. The predicted octanol–water partition coefficient (Wildman–Crippen LogP) is 2.35. The first-order chi connectivity index (χ1) is 8.34. The van der Waals surface area contributed by atoms with Crippen LogP contribution in [0.2, 0.25) is 0 Å². The van der Waals surface area contributed by atoms with Crippen LogP contribution in [0, 0.1) is 5.92 Å². The molecule has 0 saturated heterocycles. The van der Waals surface area contributed by atoms with Crippen LogP contribution in [0.4, 0.5) is 13.2 Å². The number of rotatable bonds is 4. The monoisotopic (exact) mass is 266 g/mol. The van der Waals surface area contributed by atoms with Crippen molar-refractivity contribution in [2.75, 3.05) is 0 Å². The molecule has 3 N–H and O–H groups in total. The molecule has 18 heavy (non-hydrogen) atoms. The fourth-order valence-electron chi connectivity index (χ4n) is 2.37. The summed E-state index contributed by atoms with van der Waals surface area (Å²) in [6, 6.07) is -0.998. The fraction of sp³-hybridized carbons (Fsp3) is 0.917. The molecule has 1 aliphatic carbocycles. The maximum Gasteiger partial charge on any atom is 0.391 e. The van der Waals surface area contributed by atoms with Crippen molar-refractivity contribution in [1.82, 2.24) is 5.32 Å². The molecule has 0 bridgehead atoms. The van der Waals surface area contributed by atoms with Crippen LogP contribution in [0.15, 0.2) is 0 Å². The summed E-state index contributed by atoms with van der Waals surface area (Å²) >= 11 is 0. The van der Waals surface area contributed by atoms with E-state index in [9.17, 15) is 18.0 Å². The topological polar surface area (TPSA) is 55.1 Å². The second-order valence-corrected chi connectivity index (χ2v) is 5.01. The van der Waals surface area contributed by atoms with Crippen LogP contribution < -0.4 is 11.1 Å². The summed E-state index contributed by atoms with van der Waals surface area (Å²) < 4.78 is 37.8. The quantitative estimate of drug-likeness (QED) is 0.820. The Morgan fingerprint density at radius 1 is 1.44 bits per heavy atom. The van der Waals surface area contributed by atoms with E-state index in [0.717, 1.165) is 6.42 Å². The van der Waals surface area contributed by atoms with Gasteiger partial charge < -0.3 is 11.1 Å². The molecule has 1 saturated carbocycles. The van der Waals surface area contributed by atoms with Gasteiger partial charge in [-0.15, -0.1) is 0 Å². The van der Waals surface area contributed by atoms with Crippen molar-refractivity contribution in [3.63, 3.8) is 0 Å². The van der Waals surface area contributed by atoms with E-state index in [1.54, 1.807) is 0 Å². The van der Waals surface area contributed by atoms with Gasteiger partial charge in [0.15, 0.2) is 0 Å². The van der Waals surface area contributed by atoms with Gasteiger partial charge in [0.25, 0.3) is 0 Å². The van der Waals surface area contributed by atoms with Crippen molar-refractivity contribution >= 4 is 5.91 Å². The molecule has 6 heteroatoms. The molecule has 0 aromatic rings. The summed E-state index contributed by atoms with van der Waals surface area (Å²) in [7, 11) is 0. The Hall–Kier alpha value is -0.780. The molecular formula is C12H21F3N2O. The van der Waals surface area contributed by atoms with Crippen LogP contribution in [0.3, 0.4) is 0 Å². The number of hydrogen-bond donors (Lipinski definition) is 2. The number of amides is 1. The van der Waals surface area contributed by atoms with Gasteiger partial charge in [0.2, 0.25) is 5.91 Å². The van der Waals surface area contributed by atoms with Gasteiger partial charge in [0, 0.05) is 6.04 Å². The normalized spacial score (nSPS) is 26.7. The van der Waals surface area contributed by atoms with Crippen LogP contribution in [-0.2, 0) is 4.79 Å². The van der Waals surface area contributed by atoms with E-state index in [1.165, 1.54) is 0 Å². The van der Waals surface area contributed by atoms with E-state index in [-0.39, 0.29) is 24.8 Å². The first-order valence-electron chi connectivity index (χ1n) is 6.47. The molecule has 0 aliphatic heterocycles. The third-order valence-electron chi connectivity index (χ3n) is 3.42. The summed E-state index contributed by atoms with van der Waals surface area (Å²) in [6.07, 6.45) is -1.57. The molecule has 0 heterocycles. The number of carbonyl (C=O) groups excluding carboxylic acids is 1. The highest BCUT2D eigenvalue weighted by Crippen LogP contribution is 2.37. The lowest BCUT2D eigenvalue weighted by atomic mass is 9.85. The van der Waals surface area contributed by atoms with E-state index in [1.807, 2.05) is 6.92 Å². The number of alkyl halides is 3. The number of nitrogens with two attached hydrogens (primary N) is 1. The molecule has 3 unspecified atom stereocenters. The zero-order valence-corrected chi connectivity index (χ0v) is 10.6. The number of hydrogen-bond acceptors (Lipinski definition) is 2. The average molecular weight is 266 g/mol. The van der Waals surface area contributed by atoms with Gasteiger partial charge in [-0.1, -0.05) is 19.8 Å². The Morgan fingerprint density at radius 3 is 2.67 bits per heavy atom. The third-order valence-corrected chi connectivity index (χ3v) is 3.42. The Labute approximate surface area is 105 Å². The third kappa shape index (κ3) is 4.48. The van der Waals surface area contributed by atoms with Crippen LogP contribution >= 0.6 is 0 Å². The lowest BCUT2D eigenvalue weighted by molar-refractivity contribution is -0.184. The predicted molar refractivity (Wildman–Crippen MR) is 62.8 cm³/mol. The van der Waals surface area contributed by atoms with E-state index < -0.39 is 18.1 Å². The standard InChI is InChI=1S/C12H21F3N2O/c1-2-4-10(16)11(18)17-9-6-3-5-8(7-9)12(13,14)15/h8-10H,2-7,16H2,1H3,(H,17,18). The Morgan fingerprint density at radius 2 is 2.11 bits per heavy atom. The van der Waals surface area contributed by atoms with Gasteiger partial charge >= 0.3 is 6.18 Å². The smallest absolute Gasteiger partial charge is 0.352 e. The highest BCUT2D eigenvalue weighted by molar-refractivity contribution is 5.81. The van der Waals surface area contributed by atoms with Gasteiger partial charge in [-0.3, -0.25) is 4.79 Å². The van der Waals surface area contributed by atoms with Crippen molar-refractivity contribution in [2.45, 2.75) is 63.7 Å². The molecule has 0 aromatic carbocycles. The minimum absolute atomic E-state index is 0.0198. The summed E-state index contributed by atoms with van der Waals surface area (Å²) in [4.78, 5) is 11.6. The molecule has 3 nitrogen and oxygen atoms in total. The number of carbonyl (C=O) groups is 1. The molecule has 0 aromatic heterocycles. The Kier molecular flexibility index (Phi) is 5.44. The summed E-state index contributed by atoms with van der Waals surface area (Å²) in [5.74, 6) is -1.62. The van der Waals surface area contributed by atoms with Gasteiger partial charge in [-0.05, 0) is 25.7 Å². The van der Waals surface area contributed by atoms with Gasteiger partial charge in [-0.2, -0.15) is 13.2 Å². The molecule has 0 spiro atoms. The molecule has 1 amide bonds. The van der Waals surface area contributed by atoms with E-state index >= 15 is 0 Å². The van der Waals surface area contributed by atoms with E-state index in [4.69, 9.17) is 5.73 Å². The van der Waals surface area contributed by atoms with Crippen molar-refractivity contribution in [3.05, 3.63) is 0 Å². The lowest BCUT2D eigenvalue weighted by Crippen LogP contribution is -2.48. The van der Waals surface area contributed by atoms with Gasteiger partial charge in [0.1, 0.15) is 0 Å². The van der Waals surface area contributed by atoms with Crippen LogP contribution in [0.5, 0.6) is 0 Å². The molecule has 3 atom stereocenters. The lowest BCUT2D eigenvalue weighted by Gasteiger charge is -2.31. The molecule has 0 radical (unpaired) electrons. The second-order valence-electron chi connectivity index (χ2n) is 5.01. The summed E-state index contributed by atoms with van der Waals surface area (Å²) in [6.45, 7) is 1.91. The van der Waals surface area contributed by atoms with Crippen LogP contribution in [0.25, 0.3) is 0 Å². The van der Waals surface area contributed by atoms with E-state index in [2.05, 4.69) is 5.32 Å². The fourth-order valence-corrected chi connectivity index (χ4v) is 2.37. The van der Waals surface area contributed by atoms with Crippen molar-refractivity contribution < 1.29 is 18.0 Å². The highest BCUT2D eigenvalue weighted by atomic mass is 19.4. The Bertz CT molecular complexity index is 281. The highest BCUT2D eigenvalue weighted by Gasteiger charge is 2.42. The van der Waals surface area contributed by atoms with Crippen molar-refractivity contribution in [2.24, 2.45) is 11.7 Å². The molecule has 1 fully saturated rings. The van der Waals surface area contributed by atoms with Gasteiger partial charge in [0.05, 0.1) is 12.0 Å². The first kappa shape index (κ1) is 15.3.